The Labute approximate surface area is 287 Å². The number of hydrogen-bond acceptors (Lipinski definition) is 9. The van der Waals surface area contributed by atoms with Crippen LogP contribution in [0.3, 0.4) is 0 Å². The zero-order valence-corrected chi connectivity index (χ0v) is 28.6. The molecule has 4 heterocycles. The molecule has 0 N–H and O–H groups in total. The van der Waals surface area contributed by atoms with E-state index in [4.69, 9.17) is 19.2 Å². The van der Waals surface area contributed by atoms with Crippen LogP contribution >= 0.6 is 11.3 Å². The second kappa shape index (κ2) is 15.5. The number of hydrogen-bond donors (Lipinski definition) is 0. The normalized spacial score (nSPS) is 18.1. The molecule has 1 atom stereocenters. The van der Waals surface area contributed by atoms with E-state index in [9.17, 15) is 4.79 Å². The fourth-order valence-corrected chi connectivity index (χ4v) is 7.76. The highest BCUT2D eigenvalue weighted by molar-refractivity contribution is 7.21. The molecule has 0 aliphatic carbocycles. The Kier molecular flexibility index (Phi) is 10.5. The number of carbonyl (C=O) groups is 1. The van der Waals surface area contributed by atoms with E-state index < -0.39 is 0 Å². The van der Waals surface area contributed by atoms with Crippen molar-refractivity contribution in [3.8, 4) is 27.8 Å². The van der Waals surface area contributed by atoms with Gasteiger partial charge in [-0.1, -0.05) is 12.1 Å². The van der Waals surface area contributed by atoms with Crippen LogP contribution < -0.4 is 14.2 Å². The molecule has 10 heteroatoms. The quantitative estimate of drug-likeness (QED) is 0.135. The fourth-order valence-electron chi connectivity index (χ4n) is 6.79. The number of piperazine rings is 1. The summed E-state index contributed by atoms with van der Waals surface area (Å²) < 4.78 is 19.0. The number of carbonyl (C=O) groups excluding carboxylic acids is 1. The Morgan fingerprint density at radius 1 is 0.833 bits per heavy atom. The Hall–Kier alpha value is -3.99. The maximum absolute atomic E-state index is 13.1. The van der Waals surface area contributed by atoms with Crippen LogP contribution in [0.1, 0.15) is 48.9 Å². The summed E-state index contributed by atoms with van der Waals surface area (Å²) in [5.41, 5.74) is 3.45. The maximum atomic E-state index is 13.1. The van der Waals surface area contributed by atoms with Crippen LogP contribution in [0.15, 0.2) is 65.7 Å². The third kappa shape index (κ3) is 7.66. The SMILES string of the molecule is COc1cc2c(cc1OCCCCN1CCN(CCCCOc3ccc(-c4nc5ccccc5s4)cc3)CC1)N=C[C@@H]1CCCN1C2=O. The molecule has 2 fully saturated rings. The van der Waals surface area contributed by atoms with Gasteiger partial charge >= 0.3 is 0 Å². The third-order valence-corrected chi connectivity index (χ3v) is 10.7. The van der Waals surface area contributed by atoms with Crippen LogP contribution in [0.5, 0.6) is 17.2 Å². The van der Waals surface area contributed by atoms with E-state index in [1.807, 2.05) is 23.2 Å². The monoisotopic (exact) mass is 667 g/mol. The van der Waals surface area contributed by atoms with Gasteiger partial charge in [-0.05, 0) is 94.1 Å². The summed E-state index contributed by atoms with van der Waals surface area (Å²) in [5.74, 6) is 2.19. The summed E-state index contributed by atoms with van der Waals surface area (Å²) >= 11 is 1.72. The largest absolute Gasteiger partial charge is 0.494 e. The number of nitrogens with zero attached hydrogens (tertiary/aromatic N) is 5. The Morgan fingerprint density at radius 2 is 1.56 bits per heavy atom. The first kappa shape index (κ1) is 32.6. The summed E-state index contributed by atoms with van der Waals surface area (Å²) in [6, 6.07) is 20.3. The Morgan fingerprint density at radius 3 is 2.29 bits per heavy atom. The van der Waals surface area contributed by atoms with E-state index in [-0.39, 0.29) is 11.9 Å². The summed E-state index contributed by atoms with van der Waals surface area (Å²) in [6.07, 6.45) is 8.14. The smallest absolute Gasteiger partial charge is 0.256 e. The highest BCUT2D eigenvalue weighted by Gasteiger charge is 2.32. The predicted molar refractivity (Wildman–Crippen MR) is 193 cm³/mol. The summed E-state index contributed by atoms with van der Waals surface area (Å²) in [5, 5.41) is 1.05. The Bertz CT molecular complexity index is 1680. The van der Waals surface area contributed by atoms with Gasteiger partial charge in [-0.15, -0.1) is 11.3 Å². The van der Waals surface area contributed by atoms with E-state index in [1.165, 1.54) is 4.70 Å². The predicted octanol–water partition coefficient (Wildman–Crippen LogP) is 6.93. The maximum Gasteiger partial charge on any atom is 0.256 e. The van der Waals surface area contributed by atoms with E-state index >= 15 is 0 Å². The molecule has 0 bridgehead atoms. The van der Waals surface area contributed by atoms with Gasteiger partial charge in [0.2, 0.25) is 0 Å². The molecule has 1 aromatic heterocycles. The van der Waals surface area contributed by atoms with Crippen LogP contribution in [-0.2, 0) is 0 Å². The van der Waals surface area contributed by atoms with Gasteiger partial charge in [0.05, 0.1) is 47.8 Å². The van der Waals surface area contributed by atoms with Crippen LogP contribution in [0.4, 0.5) is 5.69 Å². The lowest BCUT2D eigenvalue weighted by atomic mass is 10.1. The summed E-state index contributed by atoms with van der Waals surface area (Å²) in [6.45, 7) is 8.80. The topological polar surface area (TPSA) is 79.7 Å². The molecule has 0 spiro atoms. The van der Waals surface area contributed by atoms with Crippen molar-refractivity contribution < 1.29 is 19.0 Å². The first-order valence-electron chi connectivity index (χ1n) is 17.4. The van der Waals surface area contributed by atoms with Crippen molar-refractivity contribution in [1.29, 1.82) is 0 Å². The number of rotatable bonds is 14. The number of para-hydroxylation sites is 1. The minimum absolute atomic E-state index is 0.0307. The number of thiazole rings is 1. The molecule has 0 unspecified atom stereocenters. The second-order valence-corrected chi connectivity index (χ2v) is 13.8. The highest BCUT2D eigenvalue weighted by atomic mass is 32.1. The fraction of sp³-hybridized carbons (Fsp3) is 0.447. The van der Waals surface area contributed by atoms with E-state index in [2.05, 4.69) is 57.3 Å². The molecule has 7 rings (SSSR count). The first-order valence-corrected chi connectivity index (χ1v) is 18.2. The van der Waals surface area contributed by atoms with Crippen molar-refractivity contribution >= 4 is 39.4 Å². The second-order valence-electron chi connectivity index (χ2n) is 12.8. The number of unbranched alkanes of at least 4 members (excludes halogenated alkanes) is 2. The van der Waals surface area contributed by atoms with Crippen molar-refractivity contribution in [1.82, 2.24) is 19.7 Å². The zero-order chi connectivity index (χ0) is 32.7. The molecule has 3 aliphatic heterocycles. The van der Waals surface area contributed by atoms with Crippen molar-refractivity contribution in [2.24, 2.45) is 4.99 Å². The Balaban J connectivity index is 0.760. The summed E-state index contributed by atoms with van der Waals surface area (Å²) in [4.78, 5) is 29.5. The molecule has 3 aromatic carbocycles. The van der Waals surface area contributed by atoms with Crippen LogP contribution in [0, 0.1) is 0 Å². The number of amides is 1. The number of fused-ring (bicyclic) bond motifs is 3. The standard InChI is InChI=1S/C38H45N5O4S/c1-45-34-25-31-33(39-27-29-9-8-18-43(29)38(31)44)26-35(34)47-24-7-5-17-42-21-19-41(20-22-42)16-4-6-23-46-30-14-12-28(13-15-30)37-40-32-10-2-3-11-36(32)48-37/h2-3,10-15,25-27,29H,4-9,16-24H2,1H3/t29-/m0/s1. The van der Waals surface area contributed by atoms with Gasteiger partial charge < -0.3 is 28.9 Å². The molecule has 4 aromatic rings. The van der Waals surface area contributed by atoms with Gasteiger partial charge in [0.15, 0.2) is 11.5 Å². The van der Waals surface area contributed by atoms with E-state index in [0.717, 1.165) is 113 Å². The van der Waals surface area contributed by atoms with Gasteiger partial charge in [-0.25, -0.2) is 4.98 Å². The number of aliphatic imine (C=N–C) groups is 1. The number of aromatic nitrogens is 1. The molecular formula is C38H45N5O4S. The zero-order valence-electron chi connectivity index (χ0n) is 27.8. The van der Waals surface area contributed by atoms with Crippen LogP contribution in [0.2, 0.25) is 0 Å². The number of benzene rings is 3. The molecular weight excluding hydrogens is 623 g/mol. The number of ether oxygens (including phenoxy) is 3. The number of methoxy groups -OCH3 is 1. The van der Waals surface area contributed by atoms with Crippen LogP contribution in [0.25, 0.3) is 20.8 Å². The molecule has 0 saturated carbocycles. The van der Waals surface area contributed by atoms with Crippen molar-refractivity contribution in [2.45, 2.75) is 44.6 Å². The van der Waals surface area contributed by atoms with Gasteiger partial charge in [0.1, 0.15) is 10.8 Å². The average molecular weight is 668 g/mol. The van der Waals surface area contributed by atoms with E-state index in [1.54, 1.807) is 24.5 Å². The minimum Gasteiger partial charge on any atom is -0.494 e. The van der Waals surface area contributed by atoms with Gasteiger partial charge in [-0.3, -0.25) is 9.79 Å². The molecule has 3 aliphatic rings. The van der Waals surface area contributed by atoms with E-state index in [0.29, 0.717) is 29.4 Å². The van der Waals surface area contributed by atoms with Crippen molar-refractivity contribution in [2.75, 3.05) is 66.1 Å². The molecule has 48 heavy (non-hydrogen) atoms. The lowest BCUT2D eigenvalue weighted by molar-refractivity contribution is 0.0774. The minimum atomic E-state index is 0.0307. The molecule has 1 amide bonds. The molecule has 252 valence electrons. The lowest BCUT2D eigenvalue weighted by Gasteiger charge is -2.34. The van der Waals surface area contributed by atoms with Gasteiger partial charge in [-0.2, -0.15) is 0 Å². The van der Waals surface area contributed by atoms with Gasteiger partial charge in [0, 0.05) is 50.6 Å². The van der Waals surface area contributed by atoms with Crippen molar-refractivity contribution in [3.63, 3.8) is 0 Å². The molecule has 0 radical (unpaired) electrons. The molecule has 2 saturated heterocycles. The summed E-state index contributed by atoms with van der Waals surface area (Å²) in [7, 11) is 1.62. The first-order chi connectivity index (χ1) is 23.6. The highest BCUT2D eigenvalue weighted by Crippen LogP contribution is 2.38. The lowest BCUT2D eigenvalue weighted by Crippen LogP contribution is -2.46. The average Bonchev–Trinajstić information content (AvgIpc) is 3.76. The third-order valence-electron chi connectivity index (χ3n) is 9.58. The van der Waals surface area contributed by atoms with Gasteiger partial charge in [0.25, 0.3) is 5.91 Å². The van der Waals surface area contributed by atoms with Crippen LogP contribution in [-0.4, -0.2) is 104 Å². The molecule has 9 nitrogen and oxygen atoms in total. The van der Waals surface area contributed by atoms with Crippen molar-refractivity contribution in [3.05, 3.63) is 66.2 Å².